The van der Waals surface area contributed by atoms with Crippen LogP contribution in [-0.2, 0) is 12.8 Å². The number of halogens is 2. The smallest absolute Gasteiger partial charge is 0.250 e. The van der Waals surface area contributed by atoms with Gasteiger partial charge < -0.3 is 4.57 Å². The molecule has 3 nitrogen and oxygen atoms in total. The second-order valence-electron chi connectivity index (χ2n) is 6.68. The first-order valence-electron chi connectivity index (χ1n) is 8.69. The fourth-order valence-corrected chi connectivity index (χ4v) is 3.74. The van der Waals surface area contributed by atoms with Crippen molar-refractivity contribution in [3.05, 3.63) is 67.6 Å². The van der Waals surface area contributed by atoms with E-state index in [1.807, 2.05) is 28.8 Å². The Labute approximate surface area is 158 Å². The normalized spacial score (nSPS) is 15.6. The molecule has 0 unspecified atom stereocenters. The van der Waals surface area contributed by atoms with Crippen molar-refractivity contribution in [2.75, 3.05) is 6.54 Å². The highest BCUT2D eigenvalue weighted by molar-refractivity contribution is 6.42. The quantitative estimate of drug-likeness (QED) is 0.730. The van der Waals surface area contributed by atoms with Gasteiger partial charge in [0.15, 0.2) is 0 Å². The number of hydrogen-bond donors (Lipinski definition) is 0. The van der Waals surface area contributed by atoms with Crippen LogP contribution in [0, 0.1) is 0 Å². The van der Waals surface area contributed by atoms with Gasteiger partial charge in [-0.05, 0) is 63.3 Å². The van der Waals surface area contributed by atoms with E-state index in [1.54, 1.807) is 6.07 Å². The maximum absolute atomic E-state index is 12.2. The molecule has 5 heteroatoms. The van der Waals surface area contributed by atoms with Crippen molar-refractivity contribution < 1.29 is 0 Å². The van der Waals surface area contributed by atoms with Gasteiger partial charge in [0.2, 0.25) is 0 Å². The molecule has 0 saturated heterocycles. The summed E-state index contributed by atoms with van der Waals surface area (Å²) in [4.78, 5) is 17.0. The van der Waals surface area contributed by atoms with Crippen molar-refractivity contribution in [3.63, 3.8) is 0 Å². The number of aliphatic imine (C=N–C) groups is 1. The van der Waals surface area contributed by atoms with E-state index < -0.39 is 0 Å². The first kappa shape index (κ1) is 18.2. The summed E-state index contributed by atoms with van der Waals surface area (Å²) in [6.45, 7) is 4.81. The Balaban J connectivity index is 1.83. The molecule has 0 amide bonds. The summed E-state index contributed by atoms with van der Waals surface area (Å²) in [7, 11) is 0. The molecule has 0 saturated carbocycles. The highest BCUT2D eigenvalue weighted by Gasteiger charge is 2.20. The fraction of sp³-hybridized carbons (Fsp3) is 0.400. The summed E-state index contributed by atoms with van der Waals surface area (Å²) in [5.41, 5.74) is 4.57. The van der Waals surface area contributed by atoms with E-state index >= 15 is 0 Å². The van der Waals surface area contributed by atoms with Crippen LogP contribution in [0.2, 0.25) is 10.0 Å². The Hall–Kier alpha value is -1.58. The van der Waals surface area contributed by atoms with Crippen LogP contribution in [0.15, 0.2) is 40.1 Å². The maximum Gasteiger partial charge on any atom is 0.250 e. The minimum Gasteiger partial charge on any atom is -0.309 e. The van der Waals surface area contributed by atoms with Crippen molar-refractivity contribution in [2.45, 2.75) is 45.6 Å². The molecule has 0 fully saturated rings. The standard InChI is InChI=1S/C20H22Cl2N2O/c1-13(2)24-19-5-3-4-18(15(19)7-9-20(24)25)23-11-10-14-6-8-16(21)17(22)12-14/h6-9,12-13H,3-5,10-11H2,1-2H3. The van der Waals surface area contributed by atoms with E-state index in [0.717, 1.165) is 48.2 Å². The zero-order chi connectivity index (χ0) is 18.0. The lowest BCUT2D eigenvalue weighted by atomic mass is 9.93. The second kappa shape index (κ2) is 7.76. The van der Waals surface area contributed by atoms with Crippen LogP contribution in [0.4, 0.5) is 0 Å². The molecule has 0 bridgehead atoms. The van der Waals surface area contributed by atoms with Crippen LogP contribution in [0.25, 0.3) is 0 Å². The molecule has 132 valence electrons. The third-order valence-electron chi connectivity index (χ3n) is 4.57. The Kier molecular flexibility index (Phi) is 5.65. The summed E-state index contributed by atoms with van der Waals surface area (Å²) >= 11 is 12.0. The lowest BCUT2D eigenvalue weighted by Crippen LogP contribution is -2.29. The van der Waals surface area contributed by atoms with Gasteiger partial charge in [-0.25, -0.2) is 0 Å². The van der Waals surface area contributed by atoms with Crippen molar-refractivity contribution in [2.24, 2.45) is 4.99 Å². The number of aromatic nitrogens is 1. The summed E-state index contributed by atoms with van der Waals surface area (Å²) in [5.74, 6) is 0. The van der Waals surface area contributed by atoms with Crippen molar-refractivity contribution in [1.29, 1.82) is 0 Å². The molecule has 1 aromatic heterocycles. The van der Waals surface area contributed by atoms with Gasteiger partial charge in [-0.15, -0.1) is 0 Å². The lowest BCUT2D eigenvalue weighted by Gasteiger charge is -2.24. The van der Waals surface area contributed by atoms with Gasteiger partial charge in [0, 0.05) is 35.6 Å². The molecular formula is C20H22Cl2N2O. The average molecular weight is 377 g/mol. The maximum atomic E-state index is 12.2. The third-order valence-corrected chi connectivity index (χ3v) is 5.31. The lowest BCUT2D eigenvalue weighted by molar-refractivity contribution is 0.540. The largest absolute Gasteiger partial charge is 0.309 e. The number of nitrogens with zero attached hydrogens (tertiary/aromatic N) is 2. The van der Waals surface area contributed by atoms with Gasteiger partial charge in [-0.1, -0.05) is 29.3 Å². The number of benzene rings is 1. The summed E-state index contributed by atoms with van der Waals surface area (Å²) in [6.07, 6.45) is 3.76. The molecule has 0 aliphatic heterocycles. The molecule has 0 atom stereocenters. The van der Waals surface area contributed by atoms with Crippen LogP contribution < -0.4 is 5.56 Å². The molecule has 1 heterocycles. The van der Waals surface area contributed by atoms with Gasteiger partial charge in [0.25, 0.3) is 5.56 Å². The van der Waals surface area contributed by atoms with E-state index in [4.69, 9.17) is 28.2 Å². The Morgan fingerprint density at radius 3 is 2.64 bits per heavy atom. The summed E-state index contributed by atoms with van der Waals surface area (Å²) in [5, 5.41) is 1.15. The Bertz CT molecular complexity index is 868. The molecule has 0 spiro atoms. The molecule has 1 aliphatic rings. The van der Waals surface area contributed by atoms with Gasteiger partial charge in [-0.3, -0.25) is 9.79 Å². The summed E-state index contributed by atoms with van der Waals surface area (Å²) in [6, 6.07) is 9.48. The highest BCUT2D eigenvalue weighted by Crippen LogP contribution is 2.24. The highest BCUT2D eigenvalue weighted by atomic mass is 35.5. The molecule has 0 N–H and O–H groups in total. The average Bonchev–Trinajstić information content (AvgIpc) is 2.57. The first-order chi connectivity index (χ1) is 12.0. The van der Waals surface area contributed by atoms with E-state index in [9.17, 15) is 4.79 Å². The number of fused-ring (bicyclic) bond motifs is 1. The molecule has 25 heavy (non-hydrogen) atoms. The molecule has 1 aromatic carbocycles. The van der Waals surface area contributed by atoms with Crippen molar-refractivity contribution in [1.82, 2.24) is 4.57 Å². The molecule has 3 rings (SSSR count). The van der Waals surface area contributed by atoms with E-state index in [2.05, 4.69) is 13.8 Å². The molecule has 1 aliphatic carbocycles. The van der Waals surface area contributed by atoms with Gasteiger partial charge >= 0.3 is 0 Å². The summed E-state index contributed by atoms with van der Waals surface area (Å²) < 4.78 is 1.91. The van der Waals surface area contributed by atoms with Crippen LogP contribution in [0.1, 0.15) is 49.6 Å². The minimum absolute atomic E-state index is 0.0748. The third kappa shape index (κ3) is 3.99. The van der Waals surface area contributed by atoms with E-state index in [0.29, 0.717) is 16.6 Å². The number of rotatable bonds is 4. The van der Waals surface area contributed by atoms with Crippen LogP contribution in [0.3, 0.4) is 0 Å². The first-order valence-corrected chi connectivity index (χ1v) is 9.45. The predicted molar refractivity (Wildman–Crippen MR) is 106 cm³/mol. The molecule has 2 aromatic rings. The Morgan fingerprint density at radius 1 is 1.12 bits per heavy atom. The molecular weight excluding hydrogens is 355 g/mol. The van der Waals surface area contributed by atoms with Crippen LogP contribution >= 0.6 is 23.2 Å². The minimum atomic E-state index is 0.0748. The van der Waals surface area contributed by atoms with E-state index in [1.165, 1.54) is 0 Å². The molecule has 0 radical (unpaired) electrons. The Morgan fingerprint density at radius 2 is 1.92 bits per heavy atom. The van der Waals surface area contributed by atoms with Crippen molar-refractivity contribution >= 4 is 28.9 Å². The predicted octanol–water partition coefficient (Wildman–Crippen LogP) is 5.10. The monoisotopic (exact) mass is 376 g/mol. The number of pyridine rings is 1. The van der Waals surface area contributed by atoms with Crippen molar-refractivity contribution in [3.8, 4) is 0 Å². The number of hydrogen-bond acceptors (Lipinski definition) is 2. The van der Waals surface area contributed by atoms with Gasteiger partial charge in [0.05, 0.1) is 10.0 Å². The fourth-order valence-electron chi connectivity index (χ4n) is 3.42. The SMILES string of the molecule is CC(C)n1c2c(ccc1=O)C(=NCCc1ccc(Cl)c(Cl)c1)CCC2. The zero-order valence-electron chi connectivity index (χ0n) is 14.6. The topological polar surface area (TPSA) is 34.4 Å². The van der Waals surface area contributed by atoms with Gasteiger partial charge in [-0.2, -0.15) is 0 Å². The zero-order valence-corrected chi connectivity index (χ0v) is 16.1. The van der Waals surface area contributed by atoms with Crippen LogP contribution in [0.5, 0.6) is 0 Å². The second-order valence-corrected chi connectivity index (χ2v) is 7.49. The van der Waals surface area contributed by atoms with Gasteiger partial charge in [0.1, 0.15) is 0 Å². The van der Waals surface area contributed by atoms with E-state index in [-0.39, 0.29) is 11.6 Å². The van der Waals surface area contributed by atoms with Crippen LogP contribution in [-0.4, -0.2) is 16.8 Å².